The van der Waals surface area contributed by atoms with E-state index < -0.39 is 0 Å². The summed E-state index contributed by atoms with van der Waals surface area (Å²) in [5, 5.41) is 20.2. The standard InChI is InChI=1S/C13H17N3O2.C13H17N3/c1-7(2)13-15-11-4-9(6-18)8(5-17)3-10(11)12(14)16-13;1-7(2)13-15-11-6-9(4)8(3)5-10(11)12(14)16-13/h3-4,7,17-18H,5-6H2,1-2H3,(H2,14,15,16);5-7H,1-4H3,(H2,14,15,16). The summed E-state index contributed by atoms with van der Waals surface area (Å²) in [6.45, 7) is 12.0. The van der Waals surface area contributed by atoms with Crippen LogP contribution in [0.15, 0.2) is 24.3 Å². The number of benzene rings is 2. The first-order valence-corrected chi connectivity index (χ1v) is 11.4. The Balaban J connectivity index is 0.000000192. The number of anilines is 2. The largest absolute Gasteiger partial charge is 0.392 e. The quantitative estimate of drug-likeness (QED) is 0.352. The van der Waals surface area contributed by atoms with Crippen LogP contribution in [0.3, 0.4) is 0 Å². The van der Waals surface area contributed by atoms with E-state index in [0.717, 1.165) is 16.7 Å². The van der Waals surface area contributed by atoms with Gasteiger partial charge in [-0.25, -0.2) is 19.9 Å². The van der Waals surface area contributed by atoms with Gasteiger partial charge in [0.2, 0.25) is 0 Å². The summed E-state index contributed by atoms with van der Waals surface area (Å²) in [4.78, 5) is 17.6. The highest BCUT2D eigenvalue weighted by molar-refractivity contribution is 5.90. The van der Waals surface area contributed by atoms with Crippen molar-refractivity contribution in [3.05, 3.63) is 58.2 Å². The van der Waals surface area contributed by atoms with Crippen LogP contribution < -0.4 is 11.5 Å². The van der Waals surface area contributed by atoms with Gasteiger partial charge in [-0.05, 0) is 60.4 Å². The zero-order valence-electron chi connectivity index (χ0n) is 20.7. The Morgan fingerprint density at radius 3 is 1.53 bits per heavy atom. The van der Waals surface area contributed by atoms with Gasteiger partial charge in [0.15, 0.2) is 0 Å². The molecular weight excluding hydrogens is 428 g/mol. The second-order valence-electron chi connectivity index (χ2n) is 9.15. The fourth-order valence-electron chi connectivity index (χ4n) is 3.55. The number of nitrogens with two attached hydrogens (primary N) is 2. The molecular formula is C26H34N6O2. The topological polar surface area (TPSA) is 144 Å². The van der Waals surface area contributed by atoms with Gasteiger partial charge in [0.1, 0.15) is 23.3 Å². The molecule has 0 aliphatic carbocycles. The van der Waals surface area contributed by atoms with E-state index in [2.05, 4.69) is 59.8 Å². The van der Waals surface area contributed by atoms with Crippen molar-refractivity contribution < 1.29 is 10.2 Å². The van der Waals surface area contributed by atoms with Gasteiger partial charge >= 0.3 is 0 Å². The van der Waals surface area contributed by atoms with E-state index >= 15 is 0 Å². The number of aliphatic hydroxyl groups excluding tert-OH is 2. The summed E-state index contributed by atoms with van der Waals surface area (Å²) in [7, 11) is 0. The fourth-order valence-corrected chi connectivity index (χ4v) is 3.55. The molecule has 0 aliphatic rings. The molecule has 0 saturated heterocycles. The fraction of sp³-hybridized carbons (Fsp3) is 0.385. The third kappa shape index (κ3) is 5.24. The van der Waals surface area contributed by atoms with Gasteiger partial charge in [-0.2, -0.15) is 0 Å². The predicted molar refractivity (Wildman–Crippen MR) is 137 cm³/mol. The van der Waals surface area contributed by atoms with Crippen LogP contribution in [-0.4, -0.2) is 30.1 Å². The predicted octanol–water partition coefficient (Wildman–Crippen LogP) is 4.27. The second-order valence-corrected chi connectivity index (χ2v) is 9.15. The maximum absolute atomic E-state index is 9.27. The van der Waals surface area contributed by atoms with Crippen LogP contribution in [0.1, 0.15) is 73.4 Å². The van der Waals surface area contributed by atoms with Crippen molar-refractivity contribution in [2.45, 2.75) is 66.6 Å². The molecule has 4 aromatic rings. The van der Waals surface area contributed by atoms with E-state index in [9.17, 15) is 10.2 Å². The summed E-state index contributed by atoms with van der Waals surface area (Å²) < 4.78 is 0. The molecule has 6 N–H and O–H groups in total. The molecule has 0 radical (unpaired) electrons. The molecule has 0 saturated carbocycles. The smallest absolute Gasteiger partial charge is 0.135 e. The Morgan fingerprint density at radius 1 is 0.647 bits per heavy atom. The van der Waals surface area contributed by atoms with E-state index in [4.69, 9.17) is 11.5 Å². The highest BCUT2D eigenvalue weighted by Gasteiger charge is 2.12. The minimum atomic E-state index is -0.142. The minimum Gasteiger partial charge on any atom is -0.392 e. The lowest BCUT2D eigenvalue weighted by Gasteiger charge is -2.11. The molecule has 0 unspecified atom stereocenters. The Morgan fingerprint density at radius 2 is 1.06 bits per heavy atom. The van der Waals surface area contributed by atoms with Gasteiger partial charge < -0.3 is 21.7 Å². The lowest BCUT2D eigenvalue weighted by molar-refractivity contribution is 0.260. The van der Waals surface area contributed by atoms with Crippen LogP contribution >= 0.6 is 0 Å². The first-order chi connectivity index (χ1) is 16.0. The molecule has 8 heteroatoms. The van der Waals surface area contributed by atoms with E-state index in [1.807, 2.05) is 13.8 Å². The number of rotatable bonds is 4. The van der Waals surface area contributed by atoms with Crippen molar-refractivity contribution in [3.8, 4) is 0 Å². The maximum atomic E-state index is 9.27. The molecule has 2 heterocycles. The Kier molecular flexibility index (Phi) is 7.64. The average molecular weight is 463 g/mol. The molecule has 0 bridgehead atoms. The van der Waals surface area contributed by atoms with Crippen LogP contribution in [0.2, 0.25) is 0 Å². The van der Waals surface area contributed by atoms with Crippen molar-refractivity contribution >= 4 is 33.4 Å². The van der Waals surface area contributed by atoms with Crippen molar-refractivity contribution in [2.24, 2.45) is 0 Å². The zero-order chi connectivity index (χ0) is 25.2. The third-order valence-electron chi connectivity index (χ3n) is 5.80. The molecule has 0 fully saturated rings. The van der Waals surface area contributed by atoms with Crippen LogP contribution in [0, 0.1) is 13.8 Å². The van der Waals surface area contributed by atoms with Gasteiger partial charge in [0.05, 0.1) is 24.2 Å². The third-order valence-corrected chi connectivity index (χ3v) is 5.80. The summed E-state index contributed by atoms with van der Waals surface area (Å²) >= 11 is 0. The summed E-state index contributed by atoms with van der Waals surface area (Å²) in [6.07, 6.45) is 0. The zero-order valence-corrected chi connectivity index (χ0v) is 20.7. The van der Waals surface area contributed by atoms with Gasteiger partial charge in [-0.1, -0.05) is 27.7 Å². The Labute approximate surface area is 200 Å². The SMILES string of the molecule is CC(C)c1nc(N)c2cc(CO)c(CO)cc2n1.Cc1cc2nc(C(C)C)nc(N)c2cc1C. The van der Waals surface area contributed by atoms with E-state index in [0.29, 0.717) is 45.4 Å². The highest BCUT2D eigenvalue weighted by atomic mass is 16.3. The van der Waals surface area contributed by atoms with Crippen LogP contribution in [0.5, 0.6) is 0 Å². The number of aryl methyl sites for hydroxylation is 2. The number of nitrogens with zero attached hydrogens (tertiary/aromatic N) is 4. The van der Waals surface area contributed by atoms with Crippen molar-refractivity contribution in [2.75, 3.05) is 11.5 Å². The van der Waals surface area contributed by atoms with E-state index in [1.54, 1.807) is 12.1 Å². The maximum Gasteiger partial charge on any atom is 0.135 e. The first-order valence-electron chi connectivity index (χ1n) is 11.4. The van der Waals surface area contributed by atoms with Crippen molar-refractivity contribution in [1.82, 2.24) is 19.9 Å². The number of aromatic nitrogens is 4. The molecule has 180 valence electrons. The van der Waals surface area contributed by atoms with Gasteiger partial charge in [-0.15, -0.1) is 0 Å². The molecule has 2 aromatic heterocycles. The number of nitrogen functional groups attached to an aromatic ring is 2. The lowest BCUT2D eigenvalue weighted by atomic mass is 10.0. The molecule has 4 rings (SSSR count). The number of hydrogen-bond donors (Lipinski definition) is 4. The second kappa shape index (κ2) is 10.3. The van der Waals surface area contributed by atoms with Gasteiger partial charge in [0.25, 0.3) is 0 Å². The van der Waals surface area contributed by atoms with E-state index in [1.165, 1.54) is 11.1 Å². The Bertz CT molecular complexity index is 1330. The number of hydrogen-bond acceptors (Lipinski definition) is 8. The van der Waals surface area contributed by atoms with E-state index in [-0.39, 0.29) is 19.1 Å². The monoisotopic (exact) mass is 462 g/mol. The Hall–Kier alpha value is -3.36. The van der Waals surface area contributed by atoms with Crippen molar-refractivity contribution in [1.29, 1.82) is 0 Å². The van der Waals surface area contributed by atoms with Gasteiger partial charge in [0, 0.05) is 22.6 Å². The molecule has 0 amide bonds. The lowest BCUT2D eigenvalue weighted by Crippen LogP contribution is -2.04. The van der Waals surface area contributed by atoms with Crippen LogP contribution in [0.25, 0.3) is 21.8 Å². The summed E-state index contributed by atoms with van der Waals surface area (Å²) in [5.41, 5.74) is 17.3. The highest BCUT2D eigenvalue weighted by Crippen LogP contribution is 2.25. The molecule has 0 aliphatic heterocycles. The van der Waals surface area contributed by atoms with Crippen LogP contribution in [0.4, 0.5) is 11.6 Å². The summed E-state index contributed by atoms with van der Waals surface area (Å²) in [6, 6.07) is 7.63. The first kappa shape index (κ1) is 25.3. The average Bonchev–Trinajstić information content (AvgIpc) is 2.79. The normalized spacial score (nSPS) is 11.4. The van der Waals surface area contributed by atoms with Crippen LogP contribution in [-0.2, 0) is 13.2 Å². The number of fused-ring (bicyclic) bond motifs is 2. The van der Waals surface area contributed by atoms with Crippen molar-refractivity contribution in [3.63, 3.8) is 0 Å². The molecule has 2 aromatic carbocycles. The number of aliphatic hydroxyl groups is 2. The van der Waals surface area contributed by atoms with Gasteiger partial charge in [-0.3, -0.25) is 0 Å². The molecule has 0 spiro atoms. The molecule has 34 heavy (non-hydrogen) atoms. The minimum absolute atomic E-state index is 0.132. The molecule has 8 nitrogen and oxygen atoms in total. The summed E-state index contributed by atoms with van der Waals surface area (Å²) in [5.74, 6) is 2.97. The molecule has 0 atom stereocenters.